The molecule has 0 bridgehead atoms. The quantitative estimate of drug-likeness (QED) is 0.0272. The van der Waals surface area contributed by atoms with E-state index in [9.17, 15) is 19.4 Å². The number of unbranched alkanes of at least 4 members (excludes halogenated alkanes) is 16. The number of phosphoric ester groups is 1. The Bertz CT molecular complexity index is 1590. The summed E-state index contributed by atoms with van der Waals surface area (Å²) in [4.78, 5) is 25.3. The van der Waals surface area contributed by atoms with E-state index in [0.29, 0.717) is 17.4 Å². The molecule has 1 amide bonds. The van der Waals surface area contributed by atoms with Crippen molar-refractivity contribution in [3.8, 4) is 0 Å². The SMILES string of the molecule is C/C=C/CC/C=C/CC/C=C/C(O)C(COP(=O)([O-])OCC[N+](C)(C)C)NC(=O)CCCCCCCCCCCCCCCC/C=C\C/C=C\C/C=C\C/C=C\C/C=C\C/C=C\C/C=C\C/C=C\CC. The lowest BCUT2D eigenvalue weighted by Gasteiger charge is -2.29. The summed E-state index contributed by atoms with van der Waals surface area (Å²) in [5, 5.41) is 13.7. The zero-order valence-corrected chi connectivity index (χ0v) is 46.1. The van der Waals surface area contributed by atoms with E-state index in [0.717, 1.165) is 96.3 Å². The van der Waals surface area contributed by atoms with Crippen LogP contribution in [-0.2, 0) is 18.4 Å². The van der Waals surface area contributed by atoms with E-state index < -0.39 is 26.6 Å². The average Bonchev–Trinajstić information content (AvgIpc) is 3.32. The number of amides is 1. The van der Waals surface area contributed by atoms with Crippen LogP contribution >= 0.6 is 7.82 Å². The molecule has 0 saturated carbocycles. The Morgan fingerprint density at radius 3 is 1.33 bits per heavy atom. The number of likely N-dealkylation sites (N-methyl/N-ethyl adjacent to an activating group) is 1. The minimum Gasteiger partial charge on any atom is -0.756 e. The maximum Gasteiger partial charge on any atom is 0.268 e. The van der Waals surface area contributed by atoms with Gasteiger partial charge in [0.2, 0.25) is 5.91 Å². The van der Waals surface area contributed by atoms with Gasteiger partial charge in [-0.05, 0) is 103 Å². The number of quaternary nitrogens is 1. The molecule has 0 saturated heterocycles. The molecule has 0 heterocycles. The second-order valence-corrected chi connectivity index (χ2v) is 20.6. The molecule has 0 radical (unpaired) electrons. The molecular weight excluding hydrogens is 888 g/mol. The molecule has 0 aromatic carbocycles. The van der Waals surface area contributed by atoms with Crippen LogP contribution in [0.4, 0.5) is 0 Å². The number of hydrogen-bond donors (Lipinski definition) is 2. The third-order valence-corrected chi connectivity index (χ3v) is 12.4. The number of phosphoric acid groups is 1. The molecule has 70 heavy (non-hydrogen) atoms. The van der Waals surface area contributed by atoms with Crippen molar-refractivity contribution < 1.29 is 32.9 Å². The molecule has 3 atom stereocenters. The molecule has 0 aliphatic heterocycles. The zero-order chi connectivity index (χ0) is 51.3. The van der Waals surface area contributed by atoms with Gasteiger partial charge >= 0.3 is 0 Å². The maximum absolute atomic E-state index is 12.9. The van der Waals surface area contributed by atoms with Gasteiger partial charge in [0.05, 0.1) is 39.9 Å². The third kappa shape index (κ3) is 52.5. The summed E-state index contributed by atoms with van der Waals surface area (Å²) in [6.07, 6.45) is 77.1. The smallest absolute Gasteiger partial charge is 0.268 e. The normalized spacial score (nSPS) is 15.0. The first kappa shape index (κ1) is 66.6. The predicted octanol–water partition coefficient (Wildman–Crippen LogP) is 16.1. The molecule has 9 heteroatoms. The summed E-state index contributed by atoms with van der Waals surface area (Å²) in [7, 11) is 1.21. The first-order valence-corrected chi connectivity index (χ1v) is 29.0. The lowest BCUT2D eigenvalue weighted by Crippen LogP contribution is -2.45. The summed E-state index contributed by atoms with van der Waals surface area (Å²) < 4.78 is 23.2. The molecule has 0 fully saturated rings. The number of nitrogens with zero attached hydrogens (tertiary/aromatic N) is 1. The lowest BCUT2D eigenvalue weighted by atomic mass is 10.0. The molecular formula is C61H103N2O6P. The number of allylic oxidation sites excluding steroid dienone is 21. The molecule has 0 aliphatic rings. The number of aliphatic hydroxyl groups is 1. The van der Waals surface area contributed by atoms with Gasteiger partial charge in [0.15, 0.2) is 0 Å². The van der Waals surface area contributed by atoms with E-state index in [1.54, 1.807) is 6.08 Å². The number of nitrogens with one attached hydrogen (secondary N) is 1. The molecule has 0 aliphatic carbocycles. The van der Waals surface area contributed by atoms with Crippen molar-refractivity contribution in [2.24, 2.45) is 0 Å². The number of rotatable bonds is 48. The van der Waals surface area contributed by atoms with Gasteiger partial charge in [-0.15, -0.1) is 0 Å². The average molecular weight is 991 g/mol. The molecule has 0 aromatic rings. The Morgan fingerprint density at radius 1 is 0.529 bits per heavy atom. The van der Waals surface area contributed by atoms with Crippen LogP contribution in [0.5, 0.6) is 0 Å². The summed E-state index contributed by atoms with van der Waals surface area (Å²) in [5.74, 6) is -0.221. The fraction of sp³-hybridized carbons (Fsp3) is 0.623. The van der Waals surface area contributed by atoms with Crippen molar-refractivity contribution in [3.63, 3.8) is 0 Å². The van der Waals surface area contributed by atoms with Crippen molar-refractivity contribution >= 4 is 13.7 Å². The van der Waals surface area contributed by atoms with Crippen LogP contribution in [0.3, 0.4) is 0 Å². The van der Waals surface area contributed by atoms with Crippen LogP contribution in [0, 0.1) is 0 Å². The van der Waals surface area contributed by atoms with Crippen molar-refractivity contribution in [2.45, 2.75) is 206 Å². The summed E-state index contributed by atoms with van der Waals surface area (Å²) in [5.41, 5.74) is 0. The predicted molar refractivity (Wildman–Crippen MR) is 302 cm³/mol. The zero-order valence-electron chi connectivity index (χ0n) is 45.2. The van der Waals surface area contributed by atoms with Gasteiger partial charge in [0, 0.05) is 6.42 Å². The summed E-state index contributed by atoms with van der Waals surface area (Å²) in [6, 6.07) is -0.915. The van der Waals surface area contributed by atoms with Gasteiger partial charge in [0.25, 0.3) is 7.82 Å². The van der Waals surface area contributed by atoms with Crippen LogP contribution in [0.1, 0.15) is 194 Å². The van der Waals surface area contributed by atoms with Crippen molar-refractivity contribution in [2.75, 3.05) is 40.9 Å². The Balaban J connectivity index is 3.98. The van der Waals surface area contributed by atoms with Crippen molar-refractivity contribution in [3.05, 3.63) is 134 Å². The minimum atomic E-state index is -4.60. The van der Waals surface area contributed by atoms with Crippen LogP contribution in [0.2, 0.25) is 0 Å². The Kier molecular flexibility index (Phi) is 48.1. The Labute approximate surface area is 430 Å². The van der Waals surface area contributed by atoms with Crippen LogP contribution < -0.4 is 10.2 Å². The van der Waals surface area contributed by atoms with Gasteiger partial charge in [-0.25, -0.2) is 0 Å². The van der Waals surface area contributed by atoms with Gasteiger partial charge in [-0.1, -0.05) is 218 Å². The second kappa shape index (κ2) is 50.6. The van der Waals surface area contributed by atoms with Crippen LogP contribution in [0.25, 0.3) is 0 Å². The van der Waals surface area contributed by atoms with E-state index >= 15 is 0 Å². The van der Waals surface area contributed by atoms with E-state index in [1.165, 1.54) is 77.0 Å². The molecule has 8 nitrogen and oxygen atoms in total. The number of aliphatic hydroxyl groups excluding tert-OH is 1. The monoisotopic (exact) mass is 991 g/mol. The topological polar surface area (TPSA) is 108 Å². The van der Waals surface area contributed by atoms with Crippen LogP contribution in [-0.4, -0.2) is 68.5 Å². The number of hydrogen-bond acceptors (Lipinski definition) is 6. The van der Waals surface area contributed by atoms with Gasteiger partial charge in [-0.3, -0.25) is 9.36 Å². The standard InChI is InChI=1S/C61H103N2O6P/c1-6-8-10-12-14-16-17-18-19-20-21-22-23-24-25-26-27-28-29-30-31-32-33-34-35-36-37-38-39-40-41-42-43-44-45-47-49-51-53-55-61(65)62-59(58-69-70(66,67)68-57-56-63(3,4)5)60(64)54-52-50-48-46-15-13-11-9-7-2/h7-10,14-16,18-19,21-22,24-25,27-28,30-31,33-34,46,52,54,59-60,64H,6,11-13,17,20,23,26,29,32,35-45,47-51,53,55-58H2,1-5H3,(H-,62,65,66,67)/b9-7+,10-8-,16-14-,19-18-,22-21-,25-24-,28-27-,31-30-,34-33-,46-15+,54-52+. The minimum absolute atomic E-state index is 0.0151. The molecule has 0 aromatic heterocycles. The van der Waals surface area contributed by atoms with Gasteiger partial charge in [0.1, 0.15) is 13.2 Å². The third-order valence-electron chi connectivity index (χ3n) is 11.4. The van der Waals surface area contributed by atoms with Crippen molar-refractivity contribution in [1.82, 2.24) is 5.32 Å². The van der Waals surface area contributed by atoms with Crippen molar-refractivity contribution in [1.29, 1.82) is 0 Å². The first-order chi connectivity index (χ1) is 34.0. The number of carbonyl (C=O) groups is 1. The highest BCUT2D eigenvalue weighted by atomic mass is 31.2. The molecule has 3 unspecified atom stereocenters. The Morgan fingerprint density at radius 2 is 0.900 bits per heavy atom. The van der Waals surface area contributed by atoms with E-state index in [4.69, 9.17) is 9.05 Å². The fourth-order valence-corrected chi connectivity index (χ4v) is 7.87. The molecule has 0 rings (SSSR count). The van der Waals surface area contributed by atoms with E-state index in [-0.39, 0.29) is 12.5 Å². The number of carbonyl (C=O) groups excluding carboxylic acids is 1. The maximum atomic E-state index is 12.9. The first-order valence-electron chi connectivity index (χ1n) is 27.5. The lowest BCUT2D eigenvalue weighted by molar-refractivity contribution is -0.870. The van der Waals surface area contributed by atoms with E-state index in [1.807, 2.05) is 40.2 Å². The van der Waals surface area contributed by atoms with E-state index in [2.05, 4.69) is 128 Å². The highest BCUT2D eigenvalue weighted by Gasteiger charge is 2.23. The summed E-state index contributed by atoms with van der Waals surface area (Å²) in [6.45, 7) is 4.24. The highest BCUT2D eigenvalue weighted by Crippen LogP contribution is 2.38. The Hall–Kier alpha value is -3.36. The largest absolute Gasteiger partial charge is 0.756 e. The van der Waals surface area contributed by atoms with Crippen LogP contribution in [0.15, 0.2) is 134 Å². The second-order valence-electron chi connectivity index (χ2n) is 19.2. The van der Waals surface area contributed by atoms with Gasteiger partial charge in [-0.2, -0.15) is 0 Å². The fourth-order valence-electron chi connectivity index (χ4n) is 7.15. The summed E-state index contributed by atoms with van der Waals surface area (Å²) >= 11 is 0. The molecule has 398 valence electrons. The highest BCUT2D eigenvalue weighted by molar-refractivity contribution is 7.45. The molecule has 2 N–H and O–H groups in total. The van der Waals surface area contributed by atoms with Gasteiger partial charge < -0.3 is 28.8 Å². The molecule has 0 spiro atoms.